The second-order valence-electron chi connectivity index (χ2n) is 6.42. The highest BCUT2D eigenvalue weighted by Gasteiger charge is 2.28. The summed E-state index contributed by atoms with van der Waals surface area (Å²) in [5.74, 6) is 0.956. The minimum absolute atomic E-state index is 0.0586. The smallest absolute Gasteiger partial charge is 0.205 e. The minimum Gasteiger partial charge on any atom is -0.497 e. The second kappa shape index (κ2) is 8.76. The Balaban J connectivity index is 2.00. The molecule has 30 heavy (non-hydrogen) atoms. The van der Waals surface area contributed by atoms with Crippen molar-refractivity contribution in [2.75, 3.05) is 31.0 Å². The summed E-state index contributed by atoms with van der Waals surface area (Å²) in [6.07, 6.45) is 1.07. The van der Waals surface area contributed by atoms with Crippen LogP contribution in [0.2, 0.25) is 0 Å². The van der Waals surface area contributed by atoms with E-state index in [1.54, 1.807) is 48.5 Å². The van der Waals surface area contributed by atoms with E-state index >= 15 is 0 Å². The molecule has 0 bridgehead atoms. The van der Waals surface area contributed by atoms with Crippen LogP contribution >= 0.6 is 11.3 Å². The van der Waals surface area contributed by atoms with Gasteiger partial charge >= 0.3 is 0 Å². The highest BCUT2D eigenvalue weighted by molar-refractivity contribution is 7.91. The lowest BCUT2D eigenvalue weighted by Crippen LogP contribution is -2.06. The van der Waals surface area contributed by atoms with E-state index in [4.69, 9.17) is 15.2 Å². The highest BCUT2D eigenvalue weighted by atomic mass is 32.2. The van der Waals surface area contributed by atoms with Crippen molar-refractivity contribution in [2.45, 2.75) is 11.8 Å². The number of ketones is 1. The number of nitrogens with two attached hydrogens (primary N) is 1. The number of hydrogen-bond acceptors (Lipinski definition) is 8. The number of ether oxygens (including phenoxy) is 2. The van der Waals surface area contributed by atoms with Gasteiger partial charge in [0.25, 0.3) is 0 Å². The average Bonchev–Trinajstić information content (AvgIpc) is 3.05. The molecule has 0 aliphatic heterocycles. The number of benzene rings is 2. The Labute approximate surface area is 179 Å². The predicted octanol–water partition coefficient (Wildman–Crippen LogP) is 4.12. The van der Waals surface area contributed by atoms with Crippen molar-refractivity contribution in [1.29, 1.82) is 0 Å². The molecule has 158 valence electrons. The van der Waals surface area contributed by atoms with Crippen LogP contribution in [0.4, 0.5) is 16.4 Å². The molecule has 1 heterocycles. The van der Waals surface area contributed by atoms with Crippen LogP contribution in [0.25, 0.3) is 0 Å². The van der Waals surface area contributed by atoms with Crippen LogP contribution < -0.4 is 20.5 Å². The number of rotatable bonds is 8. The van der Waals surface area contributed by atoms with Crippen molar-refractivity contribution in [3.63, 3.8) is 0 Å². The first-order valence-electron chi connectivity index (χ1n) is 9.05. The molecular formula is C21H22N2O5S2. The second-order valence-corrected chi connectivity index (χ2v) is 9.39. The summed E-state index contributed by atoms with van der Waals surface area (Å²) in [4.78, 5) is 13.1. The lowest BCUT2D eigenvalue weighted by atomic mass is 10.1. The maximum Gasteiger partial charge on any atom is 0.205 e. The van der Waals surface area contributed by atoms with Crippen molar-refractivity contribution in [3.05, 3.63) is 59.0 Å². The summed E-state index contributed by atoms with van der Waals surface area (Å²) >= 11 is 1.01. The van der Waals surface area contributed by atoms with Gasteiger partial charge in [-0.3, -0.25) is 4.79 Å². The zero-order valence-corrected chi connectivity index (χ0v) is 18.4. The topological polar surface area (TPSA) is 108 Å². The van der Waals surface area contributed by atoms with Crippen LogP contribution in [0.5, 0.6) is 11.5 Å². The van der Waals surface area contributed by atoms with Gasteiger partial charge in [-0.05, 0) is 55.5 Å². The molecule has 3 N–H and O–H groups in total. The zero-order chi connectivity index (χ0) is 21.9. The minimum atomic E-state index is -3.68. The first-order valence-corrected chi connectivity index (χ1v) is 11.8. The molecule has 0 spiro atoms. The number of nitrogens with one attached hydrogen (secondary N) is 1. The van der Waals surface area contributed by atoms with E-state index in [0.29, 0.717) is 29.4 Å². The summed E-state index contributed by atoms with van der Waals surface area (Å²) < 4.78 is 35.3. The lowest BCUT2D eigenvalue weighted by Gasteiger charge is -2.08. The van der Waals surface area contributed by atoms with Crippen LogP contribution in [0.3, 0.4) is 0 Å². The molecule has 0 aliphatic carbocycles. The van der Waals surface area contributed by atoms with Gasteiger partial charge in [0, 0.05) is 17.5 Å². The van der Waals surface area contributed by atoms with Gasteiger partial charge in [0.2, 0.25) is 5.78 Å². The SMILES string of the molecule is CCOc1ccc(Nc2sc(C(=O)c3ccc(OC)cc3)c(N)c2S(C)(=O)=O)cc1. The number of thiophene rings is 1. The molecule has 0 atom stereocenters. The molecule has 3 aromatic rings. The van der Waals surface area contributed by atoms with E-state index in [9.17, 15) is 13.2 Å². The number of methoxy groups -OCH3 is 1. The third-order valence-electron chi connectivity index (χ3n) is 4.25. The summed E-state index contributed by atoms with van der Waals surface area (Å²) in [5, 5.41) is 3.35. The Bertz CT molecular complexity index is 1150. The van der Waals surface area contributed by atoms with Crippen LogP contribution in [0, 0.1) is 0 Å². The zero-order valence-electron chi connectivity index (χ0n) is 16.8. The normalized spacial score (nSPS) is 11.2. The van der Waals surface area contributed by atoms with Crippen molar-refractivity contribution < 1.29 is 22.7 Å². The molecule has 0 radical (unpaired) electrons. The van der Waals surface area contributed by atoms with Gasteiger partial charge in [-0.1, -0.05) is 0 Å². The number of hydrogen-bond donors (Lipinski definition) is 2. The van der Waals surface area contributed by atoms with Crippen molar-refractivity contribution >= 4 is 43.3 Å². The van der Waals surface area contributed by atoms with Crippen LogP contribution in [-0.2, 0) is 9.84 Å². The van der Waals surface area contributed by atoms with Crippen LogP contribution in [0.15, 0.2) is 53.4 Å². The van der Waals surface area contributed by atoms with Gasteiger partial charge < -0.3 is 20.5 Å². The molecular weight excluding hydrogens is 424 g/mol. The van der Waals surface area contributed by atoms with E-state index in [1.165, 1.54) is 7.11 Å². The maximum absolute atomic E-state index is 13.0. The molecule has 0 amide bonds. The van der Waals surface area contributed by atoms with Crippen molar-refractivity contribution in [3.8, 4) is 11.5 Å². The quantitative estimate of drug-likeness (QED) is 0.501. The van der Waals surface area contributed by atoms with Gasteiger partial charge in [-0.15, -0.1) is 11.3 Å². The van der Waals surface area contributed by atoms with E-state index in [-0.39, 0.29) is 26.2 Å². The maximum atomic E-state index is 13.0. The number of sulfone groups is 1. The Hall–Kier alpha value is -3.04. The summed E-state index contributed by atoms with van der Waals surface area (Å²) in [6, 6.07) is 13.6. The summed E-state index contributed by atoms with van der Waals surface area (Å²) in [5.41, 5.74) is 7.10. The van der Waals surface area contributed by atoms with Crippen molar-refractivity contribution in [1.82, 2.24) is 0 Å². The third kappa shape index (κ3) is 4.58. The monoisotopic (exact) mass is 446 g/mol. The number of carbonyl (C=O) groups excluding carboxylic acids is 1. The molecule has 2 aromatic carbocycles. The van der Waals surface area contributed by atoms with Gasteiger partial charge in [0.1, 0.15) is 26.3 Å². The molecule has 9 heteroatoms. The van der Waals surface area contributed by atoms with Crippen LogP contribution in [-0.4, -0.2) is 34.2 Å². The highest BCUT2D eigenvalue weighted by Crippen LogP contribution is 2.41. The molecule has 0 saturated heterocycles. The van der Waals surface area contributed by atoms with E-state index < -0.39 is 9.84 Å². The van der Waals surface area contributed by atoms with Gasteiger partial charge in [0.15, 0.2) is 9.84 Å². The molecule has 0 unspecified atom stereocenters. The van der Waals surface area contributed by atoms with Gasteiger partial charge in [-0.2, -0.15) is 0 Å². The molecule has 0 fully saturated rings. The fourth-order valence-corrected chi connectivity index (χ4v) is 5.38. The molecule has 3 rings (SSSR count). The molecule has 1 aromatic heterocycles. The first-order chi connectivity index (χ1) is 14.2. The number of carbonyl (C=O) groups is 1. The molecule has 0 aliphatic rings. The van der Waals surface area contributed by atoms with E-state index in [1.807, 2.05) is 6.92 Å². The standard InChI is InChI=1S/C21H22N2O5S2/c1-4-28-16-11-7-14(8-12-16)23-21-20(30(3,25)26)17(22)19(29-21)18(24)13-5-9-15(27-2)10-6-13/h5-12,23H,4,22H2,1-3H3. The predicted molar refractivity (Wildman–Crippen MR) is 119 cm³/mol. The fraction of sp³-hybridized carbons (Fsp3) is 0.190. The Morgan fingerprint density at radius 2 is 1.67 bits per heavy atom. The number of nitrogen functional groups attached to an aromatic ring is 1. The van der Waals surface area contributed by atoms with Crippen molar-refractivity contribution in [2.24, 2.45) is 0 Å². The Morgan fingerprint density at radius 1 is 1.07 bits per heavy atom. The Morgan fingerprint density at radius 3 is 2.20 bits per heavy atom. The Kier molecular flexibility index (Phi) is 6.33. The average molecular weight is 447 g/mol. The van der Waals surface area contributed by atoms with Gasteiger partial charge in [-0.25, -0.2) is 8.42 Å². The molecule has 0 saturated carbocycles. The first kappa shape index (κ1) is 21.7. The van der Waals surface area contributed by atoms with E-state index in [2.05, 4.69) is 5.32 Å². The van der Waals surface area contributed by atoms with Gasteiger partial charge in [0.05, 0.1) is 19.4 Å². The van der Waals surface area contributed by atoms with E-state index in [0.717, 1.165) is 17.6 Å². The fourth-order valence-electron chi connectivity index (χ4n) is 2.85. The third-order valence-corrected chi connectivity index (χ3v) is 6.67. The summed E-state index contributed by atoms with van der Waals surface area (Å²) in [7, 11) is -2.15. The van der Waals surface area contributed by atoms with Crippen LogP contribution in [0.1, 0.15) is 22.2 Å². The summed E-state index contributed by atoms with van der Waals surface area (Å²) in [6.45, 7) is 2.43. The largest absolute Gasteiger partial charge is 0.497 e. The number of anilines is 3. The lowest BCUT2D eigenvalue weighted by molar-refractivity contribution is 0.104. The molecule has 7 nitrogen and oxygen atoms in total.